The Labute approximate surface area is 179 Å². The maximum absolute atomic E-state index is 9.75. The molecule has 2 aromatic carbocycles. The fourth-order valence-electron chi connectivity index (χ4n) is 3.48. The van der Waals surface area contributed by atoms with Gasteiger partial charge in [-0.1, -0.05) is 49.4 Å². The molecule has 30 heavy (non-hydrogen) atoms. The number of aromatic nitrogens is 1. The monoisotopic (exact) mass is 402 g/mol. The number of aromatic hydroxyl groups is 1. The lowest BCUT2D eigenvalue weighted by Crippen LogP contribution is -2.15. The highest BCUT2D eigenvalue weighted by atomic mass is 16.5. The van der Waals surface area contributed by atoms with Gasteiger partial charge in [0.25, 0.3) is 0 Å². The topological polar surface area (TPSA) is 45.6 Å². The molecule has 3 aromatic rings. The summed E-state index contributed by atoms with van der Waals surface area (Å²) >= 11 is 0. The van der Waals surface area contributed by atoms with Gasteiger partial charge in [-0.3, -0.25) is 0 Å². The summed E-state index contributed by atoms with van der Waals surface area (Å²) in [6, 6.07) is 21.8. The van der Waals surface area contributed by atoms with Crippen LogP contribution in [0.5, 0.6) is 11.6 Å². The fraction of sp³-hybridized carbons (Fsp3) is 0.269. The van der Waals surface area contributed by atoms with Crippen LogP contribution in [-0.4, -0.2) is 42.2 Å². The fourth-order valence-corrected chi connectivity index (χ4v) is 3.48. The van der Waals surface area contributed by atoms with Crippen molar-refractivity contribution < 1.29 is 9.84 Å². The number of ether oxygens (including phenoxy) is 1. The standard InChI is InChI=1S/C26H30N2O2/c1-4-24(20-9-6-5-7-10-20)26(21-11-14-23(29)15-12-21)22-13-16-25(27-19-22)30-18-8-17-28(2)3/h5-7,9-16,19,29H,4,8,17-18H2,1-3H3/b26-24-. The molecule has 4 nitrogen and oxygen atoms in total. The van der Waals surface area contributed by atoms with Gasteiger partial charge in [-0.15, -0.1) is 0 Å². The molecule has 4 heteroatoms. The minimum Gasteiger partial charge on any atom is -0.508 e. The van der Waals surface area contributed by atoms with Gasteiger partial charge in [-0.25, -0.2) is 4.98 Å². The Morgan fingerprint density at radius 2 is 1.60 bits per heavy atom. The van der Waals surface area contributed by atoms with Gasteiger partial charge < -0.3 is 14.7 Å². The van der Waals surface area contributed by atoms with Crippen molar-refractivity contribution in [3.63, 3.8) is 0 Å². The molecule has 0 aliphatic heterocycles. The van der Waals surface area contributed by atoms with Crippen LogP contribution in [0, 0.1) is 0 Å². The van der Waals surface area contributed by atoms with Crippen LogP contribution in [0.25, 0.3) is 11.1 Å². The first kappa shape index (κ1) is 21.6. The molecule has 0 saturated carbocycles. The third-order valence-corrected chi connectivity index (χ3v) is 4.96. The first-order valence-electron chi connectivity index (χ1n) is 10.4. The third kappa shape index (κ3) is 5.71. The summed E-state index contributed by atoms with van der Waals surface area (Å²) in [4.78, 5) is 6.69. The second-order valence-corrected chi connectivity index (χ2v) is 7.51. The normalized spacial score (nSPS) is 12.0. The molecule has 0 bridgehead atoms. The van der Waals surface area contributed by atoms with Crippen molar-refractivity contribution in [2.75, 3.05) is 27.2 Å². The van der Waals surface area contributed by atoms with Crippen LogP contribution >= 0.6 is 0 Å². The molecule has 0 atom stereocenters. The summed E-state index contributed by atoms with van der Waals surface area (Å²) in [5.41, 5.74) is 5.63. The maximum Gasteiger partial charge on any atom is 0.213 e. The Morgan fingerprint density at radius 1 is 0.900 bits per heavy atom. The highest BCUT2D eigenvalue weighted by Gasteiger charge is 2.14. The molecule has 3 rings (SSSR count). The second-order valence-electron chi connectivity index (χ2n) is 7.51. The molecule has 0 saturated heterocycles. The van der Waals surface area contributed by atoms with Gasteiger partial charge in [0.2, 0.25) is 5.88 Å². The van der Waals surface area contributed by atoms with Gasteiger partial charge in [0.05, 0.1) is 6.61 Å². The summed E-state index contributed by atoms with van der Waals surface area (Å²) in [5.74, 6) is 0.899. The lowest BCUT2D eigenvalue weighted by Gasteiger charge is -2.16. The van der Waals surface area contributed by atoms with E-state index in [9.17, 15) is 5.11 Å². The number of allylic oxidation sites excluding steroid dienone is 1. The Hall–Kier alpha value is -3.11. The van der Waals surface area contributed by atoms with Crippen molar-refractivity contribution in [3.8, 4) is 11.6 Å². The zero-order chi connectivity index (χ0) is 21.3. The molecular weight excluding hydrogens is 372 g/mol. The van der Waals surface area contributed by atoms with E-state index in [1.54, 1.807) is 12.1 Å². The molecule has 0 spiro atoms. The molecule has 0 amide bonds. The van der Waals surface area contributed by atoms with E-state index in [0.29, 0.717) is 12.5 Å². The minimum absolute atomic E-state index is 0.260. The van der Waals surface area contributed by atoms with E-state index in [4.69, 9.17) is 4.74 Å². The number of nitrogens with zero attached hydrogens (tertiary/aromatic N) is 2. The van der Waals surface area contributed by atoms with Crippen LogP contribution in [0.15, 0.2) is 72.9 Å². The van der Waals surface area contributed by atoms with Crippen molar-refractivity contribution in [3.05, 3.63) is 89.6 Å². The number of hydrogen-bond donors (Lipinski definition) is 1. The summed E-state index contributed by atoms with van der Waals surface area (Å²) in [6.45, 7) is 3.80. The first-order valence-corrected chi connectivity index (χ1v) is 10.4. The number of rotatable bonds is 9. The summed E-state index contributed by atoms with van der Waals surface area (Å²) in [6.07, 6.45) is 3.72. The average molecular weight is 403 g/mol. The zero-order valence-corrected chi connectivity index (χ0v) is 18.0. The van der Waals surface area contributed by atoms with Gasteiger partial charge in [-0.05, 0) is 67.4 Å². The largest absolute Gasteiger partial charge is 0.508 e. The van der Waals surface area contributed by atoms with Crippen LogP contribution in [0.1, 0.15) is 36.5 Å². The second kappa shape index (κ2) is 10.6. The lowest BCUT2D eigenvalue weighted by molar-refractivity contribution is 0.273. The van der Waals surface area contributed by atoms with Gasteiger partial charge in [0.1, 0.15) is 5.75 Å². The number of benzene rings is 2. The van der Waals surface area contributed by atoms with Gasteiger partial charge in [-0.2, -0.15) is 0 Å². The summed E-state index contributed by atoms with van der Waals surface area (Å²) in [5, 5.41) is 9.75. The third-order valence-electron chi connectivity index (χ3n) is 4.96. The number of phenols is 1. The van der Waals surface area contributed by atoms with Crippen LogP contribution in [-0.2, 0) is 0 Å². The SMILES string of the molecule is CC/C(=C(\c1ccc(O)cc1)c1ccc(OCCCN(C)C)nc1)c1ccccc1. The van der Waals surface area contributed by atoms with Crippen molar-refractivity contribution in [2.45, 2.75) is 19.8 Å². The molecule has 0 aliphatic rings. The molecule has 0 aliphatic carbocycles. The van der Waals surface area contributed by atoms with Gasteiger partial charge in [0, 0.05) is 24.4 Å². The van der Waals surface area contributed by atoms with Crippen LogP contribution < -0.4 is 4.74 Å². The van der Waals surface area contributed by atoms with E-state index in [1.807, 2.05) is 30.5 Å². The smallest absolute Gasteiger partial charge is 0.213 e. The summed E-state index contributed by atoms with van der Waals surface area (Å²) < 4.78 is 5.80. The molecule has 0 radical (unpaired) electrons. The number of phenolic OH excluding ortho intramolecular Hbond substituents is 1. The van der Waals surface area contributed by atoms with E-state index in [0.717, 1.165) is 36.1 Å². The predicted molar refractivity (Wildman–Crippen MR) is 124 cm³/mol. The van der Waals surface area contributed by atoms with Gasteiger partial charge in [0.15, 0.2) is 0 Å². The van der Waals surface area contributed by atoms with E-state index < -0.39 is 0 Å². The number of pyridine rings is 1. The quantitative estimate of drug-likeness (QED) is 0.380. The van der Waals surface area contributed by atoms with E-state index in [1.165, 1.54) is 11.1 Å². The average Bonchev–Trinajstić information content (AvgIpc) is 2.77. The predicted octanol–water partition coefficient (Wildman–Crippen LogP) is 5.49. The van der Waals surface area contributed by atoms with Crippen molar-refractivity contribution in [1.29, 1.82) is 0 Å². The molecule has 0 fully saturated rings. The lowest BCUT2D eigenvalue weighted by atomic mass is 9.89. The highest BCUT2D eigenvalue weighted by Crippen LogP contribution is 2.35. The van der Waals surface area contributed by atoms with Crippen molar-refractivity contribution >= 4 is 11.1 Å². The zero-order valence-electron chi connectivity index (χ0n) is 18.0. The Kier molecular flexibility index (Phi) is 7.63. The van der Waals surface area contributed by atoms with E-state index >= 15 is 0 Å². The minimum atomic E-state index is 0.260. The number of hydrogen-bond acceptors (Lipinski definition) is 4. The highest BCUT2D eigenvalue weighted by molar-refractivity contribution is 5.98. The summed E-state index contributed by atoms with van der Waals surface area (Å²) in [7, 11) is 4.12. The molecule has 1 aromatic heterocycles. The van der Waals surface area contributed by atoms with Crippen LogP contribution in [0.4, 0.5) is 0 Å². The molecule has 0 unspecified atom stereocenters. The Bertz CT molecular complexity index is 947. The van der Waals surface area contributed by atoms with Crippen LogP contribution in [0.2, 0.25) is 0 Å². The Balaban J connectivity index is 1.95. The van der Waals surface area contributed by atoms with E-state index in [2.05, 4.69) is 61.2 Å². The van der Waals surface area contributed by atoms with Crippen LogP contribution in [0.3, 0.4) is 0 Å². The van der Waals surface area contributed by atoms with Gasteiger partial charge >= 0.3 is 0 Å². The molecule has 156 valence electrons. The Morgan fingerprint density at radius 3 is 2.20 bits per heavy atom. The van der Waals surface area contributed by atoms with Crippen molar-refractivity contribution in [1.82, 2.24) is 9.88 Å². The maximum atomic E-state index is 9.75. The van der Waals surface area contributed by atoms with Crippen molar-refractivity contribution in [2.24, 2.45) is 0 Å². The molecule has 1 N–H and O–H groups in total. The molecular formula is C26H30N2O2. The van der Waals surface area contributed by atoms with E-state index in [-0.39, 0.29) is 5.75 Å². The first-order chi connectivity index (χ1) is 14.6. The molecule has 1 heterocycles.